The van der Waals surface area contributed by atoms with Crippen molar-refractivity contribution >= 4 is 17.7 Å². The molecule has 1 rings (SSSR count). The molecule has 0 atom stereocenters. The molecule has 0 amide bonds. The molecule has 0 saturated heterocycles. The standard InChI is InChI=1S/C14H22FN3S/c1-11(2)18-14(16-3)17-9-4-10-19-13-7-5-12(15)6-8-13/h5-8,11H,4,9-10H2,1-3H3,(H2,16,17,18). The van der Waals surface area contributed by atoms with E-state index in [1.807, 2.05) is 12.1 Å². The number of halogens is 1. The Kier molecular flexibility index (Phi) is 7.33. The molecule has 0 radical (unpaired) electrons. The molecule has 0 aromatic heterocycles. The molecule has 0 unspecified atom stereocenters. The monoisotopic (exact) mass is 283 g/mol. The first-order valence-corrected chi connectivity index (χ1v) is 7.46. The smallest absolute Gasteiger partial charge is 0.191 e. The molecule has 1 aromatic rings. The van der Waals surface area contributed by atoms with Gasteiger partial charge in [-0.05, 0) is 50.3 Å². The van der Waals surface area contributed by atoms with Crippen LogP contribution in [-0.2, 0) is 0 Å². The Balaban J connectivity index is 2.15. The summed E-state index contributed by atoms with van der Waals surface area (Å²) in [6.45, 7) is 5.04. The maximum Gasteiger partial charge on any atom is 0.191 e. The van der Waals surface area contributed by atoms with Gasteiger partial charge >= 0.3 is 0 Å². The maximum absolute atomic E-state index is 12.7. The summed E-state index contributed by atoms with van der Waals surface area (Å²) in [6, 6.07) is 6.99. The maximum atomic E-state index is 12.7. The third kappa shape index (κ3) is 7.06. The lowest BCUT2D eigenvalue weighted by Gasteiger charge is -2.14. The van der Waals surface area contributed by atoms with Gasteiger partial charge in [0.15, 0.2) is 5.96 Å². The van der Waals surface area contributed by atoms with Gasteiger partial charge in [0, 0.05) is 24.5 Å². The fourth-order valence-corrected chi connectivity index (χ4v) is 2.32. The van der Waals surface area contributed by atoms with Crippen LogP contribution >= 0.6 is 11.8 Å². The van der Waals surface area contributed by atoms with Gasteiger partial charge in [-0.25, -0.2) is 4.39 Å². The number of thioether (sulfide) groups is 1. The third-order valence-electron chi connectivity index (χ3n) is 2.34. The highest BCUT2D eigenvalue weighted by atomic mass is 32.2. The van der Waals surface area contributed by atoms with Crippen LogP contribution in [0, 0.1) is 5.82 Å². The van der Waals surface area contributed by atoms with E-state index in [1.165, 1.54) is 12.1 Å². The van der Waals surface area contributed by atoms with Gasteiger partial charge < -0.3 is 10.6 Å². The SMILES string of the molecule is CN=C(NCCCSc1ccc(F)cc1)NC(C)C. The quantitative estimate of drug-likeness (QED) is 0.365. The highest BCUT2D eigenvalue weighted by molar-refractivity contribution is 7.99. The molecular formula is C14H22FN3S. The molecule has 0 aliphatic rings. The Morgan fingerprint density at radius 1 is 1.32 bits per heavy atom. The van der Waals surface area contributed by atoms with Crippen LogP contribution in [0.4, 0.5) is 4.39 Å². The summed E-state index contributed by atoms with van der Waals surface area (Å²) in [5.74, 6) is 1.65. The molecule has 19 heavy (non-hydrogen) atoms. The van der Waals surface area contributed by atoms with Gasteiger partial charge in [0.05, 0.1) is 0 Å². The number of rotatable bonds is 6. The lowest BCUT2D eigenvalue weighted by Crippen LogP contribution is -2.41. The molecule has 0 saturated carbocycles. The number of nitrogens with zero attached hydrogens (tertiary/aromatic N) is 1. The second-order valence-corrected chi connectivity index (χ2v) is 5.62. The van der Waals surface area contributed by atoms with Gasteiger partial charge in [-0.2, -0.15) is 0 Å². The summed E-state index contributed by atoms with van der Waals surface area (Å²) in [5, 5.41) is 6.50. The lowest BCUT2D eigenvalue weighted by atomic mass is 10.4. The Morgan fingerprint density at radius 3 is 2.58 bits per heavy atom. The first kappa shape index (κ1) is 15.8. The Hall–Kier alpha value is -1.23. The van der Waals surface area contributed by atoms with Gasteiger partial charge in [-0.15, -0.1) is 11.8 Å². The second-order valence-electron chi connectivity index (χ2n) is 4.45. The van der Waals surface area contributed by atoms with Crippen LogP contribution in [0.3, 0.4) is 0 Å². The van der Waals surface area contributed by atoms with E-state index in [1.54, 1.807) is 18.8 Å². The Morgan fingerprint density at radius 2 is 2.00 bits per heavy atom. The Bertz CT molecular complexity index is 390. The van der Waals surface area contributed by atoms with Crippen LogP contribution in [0.2, 0.25) is 0 Å². The van der Waals surface area contributed by atoms with E-state index in [0.29, 0.717) is 6.04 Å². The zero-order valence-corrected chi connectivity index (χ0v) is 12.6. The Labute approximate surface area is 119 Å². The van der Waals surface area contributed by atoms with Crippen LogP contribution < -0.4 is 10.6 Å². The summed E-state index contributed by atoms with van der Waals surface area (Å²) in [4.78, 5) is 5.24. The molecule has 0 bridgehead atoms. The van der Waals surface area contributed by atoms with Gasteiger partial charge in [-0.1, -0.05) is 0 Å². The number of hydrogen-bond acceptors (Lipinski definition) is 2. The molecule has 0 aliphatic heterocycles. The van der Waals surface area contributed by atoms with E-state index < -0.39 is 0 Å². The summed E-state index contributed by atoms with van der Waals surface area (Å²) in [6.07, 6.45) is 1.03. The summed E-state index contributed by atoms with van der Waals surface area (Å²) < 4.78 is 12.7. The number of hydrogen-bond donors (Lipinski definition) is 2. The largest absolute Gasteiger partial charge is 0.356 e. The van der Waals surface area contributed by atoms with E-state index in [0.717, 1.165) is 29.6 Å². The van der Waals surface area contributed by atoms with Crippen LogP contribution in [0.15, 0.2) is 34.2 Å². The molecule has 0 spiro atoms. The number of guanidine groups is 1. The molecule has 0 aliphatic carbocycles. The van der Waals surface area contributed by atoms with Crippen molar-refractivity contribution in [2.24, 2.45) is 4.99 Å². The van der Waals surface area contributed by atoms with E-state index in [2.05, 4.69) is 29.5 Å². The molecule has 0 heterocycles. The van der Waals surface area contributed by atoms with Crippen molar-refractivity contribution < 1.29 is 4.39 Å². The average Bonchev–Trinajstić information content (AvgIpc) is 2.38. The molecular weight excluding hydrogens is 261 g/mol. The summed E-state index contributed by atoms with van der Waals surface area (Å²) >= 11 is 1.74. The van der Waals surface area contributed by atoms with Crippen LogP contribution in [0.1, 0.15) is 20.3 Å². The normalized spacial score (nSPS) is 11.7. The second kappa shape index (κ2) is 8.80. The van der Waals surface area contributed by atoms with Crippen LogP contribution in [0.5, 0.6) is 0 Å². The minimum atomic E-state index is -0.186. The van der Waals surface area contributed by atoms with Crippen LogP contribution in [0.25, 0.3) is 0 Å². The number of benzene rings is 1. The van der Waals surface area contributed by atoms with Crippen molar-refractivity contribution in [2.45, 2.75) is 31.2 Å². The van der Waals surface area contributed by atoms with Gasteiger partial charge in [0.1, 0.15) is 5.82 Å². The van der Waals surface area contributed by atoms with Crippen molar-refractivity contribution in [1.82, 2.24) is 10.6 Å². The zero-order valence-electron chi connectivity index (χ0n) is 11.7. The van der Waals surface area contributed by atoms with Gasteiger partial charge in [0.25, 0.3) is 0 Å². The van der Waals surface area contributed by atoms with Crippen molar-refractivity contribution in [3.8, 4) is 0 Å². The molecule has 0 fully saturated rings. The first-order valence-electron chi connectivity index (χ1n) is 6.47. The van der Waals surface area contributed by atoms with Crippen molar-refractivity contribution in [3.05, 3.63) is 30.1 Å². The minimum absolute atomic E-state index is 0.186. The van der Waals surface area contributed by atoms with E-state index >= 15 is 0 Å². The number of aliphatic imine (C=N–C) groups is 1. The van der Waals surface area contributed by atoms with E-state index in [4.69, 9.17) is 0 Å². The summed E-state index contributed by atoms with van der Waals surface area (Å²) in [5.41, 5.74) is 0. The predicted molar refractivity (Wildman–Crippen MR) is 81.4 cm³/mol. The van der Waals surface area contributed by atoms with E-state index in [-0.39, 0.29) is 5.82 Å². The van der Waals surface area contributed by atoms with Crippen molar-refractivity contribution in [1.29, 1.82) is 0 Å². The van der Waals surface area contributed by atoms with Gasteiger partial charge in [-0.3, -0.25) is 4.99 Å². The third-order valence-corrected chi connectivity index (χ3v) is 3.44. The van der Waals surface area contributed by atoms with Gasteiger partial charge in [0.2, 0.25) is 0 Å². The highest BCUT2D eigenvalue weighted by Crippen LogP contribution is 2.18. The molecule has 5 heteroatoms. The zero-order chi connectivity index (χ0) is 14.1. The van der Waals surface area contributed by atoms with E-state index in [9.17, 15) is 4.39 Å². The minimum Gasteiger partial charge on any atom is -0.356 e. The fraction of sp³-hybridized carbons (Fsp3) is 0.500. The predicted octanol–water partition coefficient (Wildman–Crippen LogP) is 2.88. The van der Waals surface area contributed by atoms with Crippen molar-refractivity contribution in [3.63, 3.8) is 0 Å². The fourth-order valence-electron chi connectivity index (χ4n) is 1.47. The topological polar surface area (TPSA) is 36.4 Å². The number of nitrogens with one attached hydrogen (secondary N) is 2. The lowest BCUT2D eigenvalue weighted by molar-refractivity contribution is 0.626. The molecule has 106 valence electrons. The molecule has 3 nitrogen and oxygen atoms in total. The summed E-state index contributed by atoms with van der Waals surface area (Å²) in [7, 11) is 1.77. The average molecular weight is 283 g/mol. The molecule has 2 N–H and O–H groups in total. The first-order chi connectivity index (χ1) is 9.11. The van der Waals surface area contributed by atoms with Crippen LogP contribution in [-0.4, -0.2) is 31.3 Å². The molecule has 1 aromatic carbocycles. The highest BCUT2D eigenvalue weighted by Gasteiger charge is 1.99. The van der Waals surface area contributed by atoms with Crippen molar-refractivity contribution in [2.75, 3.05) is 19.3 Å².